The molecule has 1 fully saturated rings. The van der Waals surface area contributed by atoms with E-state index < -0.39 is 0 Å². The third kappa shape index (κ3) is 4.65. The van der Waals surface area contributed by atoms with E-state index in [0.717, 1.165) is 38.5 Å². The number of halogens is 1. The second-order valence-corrected chi connectivity index (χ2v) is 7.75. The third-order valence-electron chi connectivity index (χ3n) is 3.75. The number of piperazine rings is 1. The largest absolute Gasteiger partial charge is 0.431 e. The Morgan fingerprint density at radius 2 is 1.96 bits per heavy atom. The van der Waals surface area contributed by atoms with E-state index in [1.807, 2.05) is 35.4 Å². The average molecular weight is 443 g/mol. The fourth-order valence-corrected chi connectivity index (χ4v) is 3.63. The molecule has 23 heavy (non-hydrogen) atoms. The van der Waals surface area contributed by atoms with Gasteiger partial charge in [0.1, 0.15) is 5.75 Å². The van der Waals surface area contributed by atoms with E-state index in [1.165, 1.54) is 8.45 Å². The maximum absolute atomic E-state index is 11.3. The molecule has 0 unspecified atom stereocenters. The van der Waals surface area contributed by atoms with E-state index in [0.29, 0.717) is 5.19 Å². The van der Waals surface area contributed by atoms with Crippen LogP contribution < -0.4 is 4.74 Å². The molecular formula is C16H18IN3O2S. The van der Waals surface area contributed by atoms with Gasteiger partial charge in [0, 0.05) is 54.3 Å². The van der Waals surface area contributed by atoms with Crippen molar-refractivity contribution < 1.29 is 9.53 Å². The van der Waals surface area contributed by atoms with Crippen LogP contribution in [0.1, 0.15) is 11.8 Å². The van der Waals surface area contributed by atoms with Crippen molar-refractivity contribution in [1.82, 2.24) is 14.8 Å². The second kappa shape index (κ2) is 7.59. The molecule has 3 rings (SSSR count). The lowest BCUT2D eigenvalue weighted by Crippen LogP contribution is -2.47. The predicted molar refractivity (Wildman–Crippen MR) is 98.9 cm³/mol. The first kappa shape index (κ1) is 16.7. The molecule has 1 aliphatic rings. The number of rotatable bonds is 4. The zero-order chi connectivity index (χ0) is 16.2. The van der Waals surface area contributed by atoms with Crippen molar-refractivity contribution in [2.45, 2.75) is 13.5 Å². The molecule has 0 radical (unpaired) electrons. The number of benzene rings is 1. The van der Waals surface area contributed by atoms with Gasteiger partial charge >= 0.3 is 0 Å². The summed E-state index contributed by atoms with van der Waals surface area (Å²) in [6.45, 7) is 5.92. The summed E-state index contributed by atoms with van der Waals surface area (Å²) in [4.78, 5) is 21.1. The van der Waals surface area contributed by atoms with Crippen LogP contribution in [-0.4, -0.2) is 46.9 Å². The van der Waals surface area contributed by atoms with E-state index >= 15 is 0 Å². The molecule has 1 aromatic heterocycles. The zero-order valence-electron chi connectivity index (χ0n) is 12.9. The molecule has 1 saturated heterocycles. The zero-order valence-corrected chi connectivity index (χ0v) is 15.8. The molecule has 2 heterocycles. The summed E-state index contributed by atoms with van der Waals surface area (Å²) >= 11 is 3.84. The normalized spacial score (nSPS) is 15.7. The van der Waals surface area contributed by atoms with Crippen LogP contribution >= 0.6 is 33.9 Å². The maximum Gasteiger partial charge on any atom is 0.278 e. The highest BCUT2D eigenvalue weighted by atomic mass is 127. The smallest absolute Gasteiger partial charge is 0.278 e. The number of hydrogen-bond acceptors (Lipinski definition) is 5. The number of carbonyl (C=O) groups excluding carboxylic acids is 1. The fraction of sp³-hybridized carbons (Fsp3) is 0.375. The highest BCUT2D eigenvalue weighted by molar-refractivity contribution is 14.1. The quantitative estimate of drug-likeness (QED) is 0.682. The number of amides is 1. The molecule has 0 N–H and O–H groups in total. The van der Waals surface area contributed by atoms with Crippen LogP contribution in [0.2, 0.25) is 0 Å². The van der Waals surface area contributed by atoms with Crippen molar-refractivity contribution >= 4 is 39.8 Å². The average Bonchev–Trinajstić information content (AvgIpc) is 2.97. The monoisotopic (exact) mass is 443 g/mol. The summed E-state index contributed by atoms with van der Waals surface area (Å²) in [6, 6.07) is 7.92. The Bertz CT molecular complexity index is 666. The van der Waals surface area contributed by atoms with E-state index in [2.05, 4.69) is 32.5 Å². The SMILES string of the molecule is CC(=O)N1CCN(Cc2cnc(Oc3ccc(I)cc3)s2)CC1. The van der Waals surface area contributed by atoms with E-state index in [-0.39, 0.29) is 5.91 Å². The summed E-state index contributed by atoms with van der Waals surface area (Å²) in [7, 11) is 0. The lowest BCUT2D eigenvalue weighted by Gasteiger charge is -2.33. The van der Waals surface area contributed by atoms with Crippen LogP contribution in [0.3, 0.4) is 0 Å². The summed E-state index contributed by atoms with van der Waals surface area (Å²) in [5, 5.41) is 0.670. The van der Waals surface area contributed by atoms with Crippen molar-refractivity contribution in [3.05, 3.63) is 38.9 Å². The van der Waals surface area contributed by atoms with Gasteiger partial charge in [0.05, 0.1) is 0 Å². The highest BCUT2D eigenvalue weighted by Gasteiger charge is 2.19. The van der Waals surface area contributed by atoms with Gasteiger partial charge in [-0.25, -0.2) is 4.98 Å². The van der Waals surface area contributed by atoms with E-state index in [1.54, 1.807) is 18.3 Å². The molecule has 0 aliphatic carbocycles. The molecule has 1 amide bonds. The van der Waals surface area contributed by atoms with Gasteiger partial charge in [-0.3, -0.25) is 9.69 Å². The molecule has 7 heteroatoms. The Hall–Kier alpha value is -1.19. The van der Waals surface area contributed by atoms with Gasteiger partial charge in [0.15, 0.2) is 0 Å². The van der Waals surface area contributed by atoms with E-state index in [4.69, 9.17) is 4.74 Å². The summed E-state index contributed by atoms with van der Waals surface area (Å²) in [6.07, 6.45) is 1.88. The van der Waals surface area contributed by atoms with Crippen molar-refractivity contribution in [3.63, 3.8) is 0 Å². The fourth-order valence-electron chi connectivity index (χ4n) is 2.45. The molecule has 1 aliphatic heterocycles. The van der Waals surface area contributed by atoms with Gasteiger partial charge in [-0.05, 0) is 46.9 Å². The van der Waals surface area contributed by atoms with Gasteiger partial charge in [-0.1, -0.05) is 11.3 Å². The number of nitrogens with zero attached hydrogens (tertiary/aromatic N) is 3. The minimum Gasteiger partial charge on any atom is -0.431 e. The van der Waals surface area contributed by atoms with Crippen LogP contribution in [0.4, 0.5) is 0 Å². The van der Waals surface area contributed by atoms with Gasteiger partial charge in [-0.2, -0.15) is 0 Å². The van der Waals surface area contributed by atoms with E-state index in [9.17, 15) is 4.79 Å². The number of thiazole rings is 1. The molecule has 0 spiro atoms. The van der Waals surface area contributed by atoms with Gasteiger partial charge in [-0.15, -0.1) is 0 Å². The Morgan fingerprint density at radius 3 is 2.61 bits per heavy atom. The number of ether oxygens (including phenoxy) is 1. The number of carbonyl (C=O) groups is 1. The first-order chi connectivity index (χ1) is 11.1. The van der Waals surface area contributed by atoms with Crippen LogP contribution in [0.5, 0.6) is 10.9 Å². The first-order valence-corrected chi connectivity index (χ1v) is 9.35. The van der Waals surface area contributed by atoms with Crippen molar-refractivity contribution in [2.24, 2.45) is 0 Å². The van der Waals surface area contributed by atoms with Crippen LogP contribution in [0.25, 0.3) is 0 Å². The molecule has 122 valence electrons. The minimum atomic E-state index is 0.163. The number of aromatic nitrogens is 1. The Kier molecular flexibility index (Phi) is 5.50. The van der Waals surface area contributed by atoms with Crippen molar-refractivity contribution in [1.29, 1.82) is 0 Å². The third-order valence-corrected chi connectivity index (χ3v) is 5.33. The molecule has 1 aromatic carbocycles. The minimum absolute atomic E-state index is 0.163. The molecule has 0 saturated carbocycles. The lowest BCUT2D eigenvalue weighted by molar-refractivity contribution is -0.130. The predicted octanol–water partition coefficient (Wildman–Crippen LogP) is 3.20. The van der Waals surface area contributed by atoms with Crippen molar-refractivity contribution in [2.75, 3.05) is 26.2 Å². The standard InChI is InChI=1S/C16H18IN3O2S/c1-12(21)20-8-6-19(7-9-20)11-15-10-18-16(23-15)22-14-4-2-13(17)3-5-14/h2-5,10H,6-9,11H2,1H3. The van der Waals surface area contributed by atoms with Gasteiger partial charge < -0.3 is 9.64 Å². The Labute approximate surface area is 153 Å². The van der Waals surface area contributed by atoms with Crippen LogP contribution in [0.15, 0.2) is 30.5 Å². The van der Waals surface area contributed by atoms with Crippen LogP contribution in [-0.2, 0) is 11.3 Å². The highest BCUT2D eigenvalue weighted by Crippen LogP contribution is 2.27. The summed E-state index contributed by atoms with van der Waals surface area (Å²) in [5.41, 5.74) is 0. The summed E-state index contributed by atoms with van der Waals surface area (Å²) in [5.74, 6) is 0.969. The maximum atomic E-state index is 11.3. The van der Waals surface area contributed by atoms with Crippen LogP contribution in [0, 0.1) is 3.57 Å². The van der Waals surface area contributed by atoms with Crippen molar-refractivity contribution in [3.8, 4) is 10.9 Å². The van der Waals surface area contributed by atoms with Gasteiger partial charge in [0.25, 0.3) is 5.19 Å². The van der Waals surface area contributed by atoms with Gasteiger partial charge in [0.2, 0.25) is 5.91 Å². The Morgan fingerprint density at radius 1 is 1.26 bits per heavy atom. The molecule has 0 bridgehead atoms. The molecule has 2 aromatic rings. The first-order valence-electron chi connectivity index (χ1n) is 7.46. The second-order valence-electron chi connectivity index (χ2n) is 5.43. The molecular weight excluding hydrogens is 425 g/mol. The number of hydrogen-bond donors (Lipinski definition) is 0. The Balaban J connectivity index is 1.53. The molecule has 0 atom stereocenters. The summed E-state index contributed by atoms with van der Waals surface area (Å²) < 4.78 is 6.96. The lowest BCUT2D eigenvalue weighted by atomic mass is 10.3. The topological polar surface area (TPSA) is 45.7 Å². The molecule has 5 nitrogen and oxygen atoms in total.